The van der Waals surface area contributed by atoms with Crippen LogP contribution in [0.1, 0.15) is 68.7 Å². The van der Waals surface area contributed by atoms with Gasteiger partial charge in [-0.15, -0.1) is 0 Å². The summed E-state index contributed by atoms with van der Waals surface area (Å²) in [6.45, 7) is -0.718. The number of amides is 4. The van der Waals surface area contributed by atoms with Gasteiger partial charge in [0.25, 0.3) is 29.3 Å². The summed E-state index contributed by atoms with van der Waals surface area (Å²) in [5, 5.41) is 22.4. The van der Waals surface area contributed by atoms with E-state index in [0.717, 1.165) is 85.8 Å². The fraction of sp³-hybridized carbons (Fsp3) is 0.238. The van der Waals surface area contributed by atoms with E-state index in [2.05, 4.69) is 31.2 Å². The standard InChI is InChI=1S/C42H37N7O8/c50-37-22-56-31-17-15-24-7-1-3-9-29(24)39(31)40-30-10-4-2-8-25(30)16-18-32(40)57-23-38(51)46-34-12-6-14-36(44-34)48-42(53)27-19-26(20-28(21-27)49(54)55)41(52)47-35-13-5-11-33(43-35)45-37/h5-6,11-21H,1-4,7-10,22-23H2,(H2,43,45,47,50,52)(H2,44,46,48,51,53). The number of rotatable bonds is 1. The van der Waals surface area contributed by atoms with E-state index < -0.39 is 34.2 Å². The van der Waals surface area contributed by atoms with Crippen molar-refractivity contribution in [3.8, 4) is 22.6 Å². The van der Waals surface area contributed by atoms with Crippen LogP contribution >= 0.6 is 0 Å². The average Bonchev–Trinajstić information content (AvgIpc) is 3.21. The van der Waals surface area contributed by atoms with Gasteiger partial charge in [0.05, 0.1) is 4.92 Å². The Morgan fingerprint density at radius 2 is 0.965 bits per heavy atom. The minimum absolute atomic E-state index is 0.0446. The van der Waals surface area contributed by atoms with E-state index in [1.165, 1.54) is 29.3 Å². The molecule has 3 aliphatic rings. The quantitative estimate of drug-likeness (QED) is 0.105. The number of carbonyl (C=O) groups excluding carboxylic acids is 4. The number of ether oxygens (including phenoxy) is 2. The summed E-state index contributed by atoms with van der Waals surface area (Å²) in [4.78, 5) is 73.2. The smallest absolute Gasteiger partial charge is 0.271 e. The van der Waals surface area contributed by atoms with Crippen LogP contribution in [0.15, 0.2) is 78.9 Å². The number of nitro groups is 1. The van der Waals surface area contributed by atoms with Crippen molar-refractivity contribution < 1.29 is 33.6 Å². The molecule has 4 N–H and O–H groups in total. The summed E-state index contributed by atoms with van der Waals surface area (Å²) in [6.07, 6.45) is 7.54. The summed E-state index contributed by atoms with van der Waals surface area (Å²) in [5.74, 6) is -1.22. The Hall–Kier alpha value is -7.16. The number of fused-ring (bicyclic) bond motifs is 13. The van der Waals surface area contributed by atoms with Crippen molar-refractivity contribution in [3.05, 3.63) is 122 Å². The van der Waals surface area contributed by atoms with Crippen molar-refractivity contribution in [2.75, 3.05) is 34.5 Å². The maximum atomic E-state index is 13.4. The Morgan fingerprint density at radius 1 is 0.544 bits per heavy atom. The number of aryl methyl sites for hydroxylation is 2. The number of hydrogen-bond donors (Lipinski definition) is 4. The Morgan fingerprint density at radius 3 is 1.40 bits per heavy atom. The van der Waals surface area contributed by atoms with Crippen molar-refractivity contribution in [2.24, 2.45) is 0 Å². The molecule has 0 radical (unpaired) electrons. The first kappa shape index (κ1) is 36.8. The molecule has 2 aliphatic carbocycles. The number of non-ortho nitro benzene ring substituents is 1. The molecule has 15 nitrogen and oxygen atoms in total. The average molecular weight is 768 g/mol. The fourth-order valence-corrected chi connectivity index (χ4v) is 7.55. The largest absolute Gasteiger partial charge is 0.483 e. The van der Waals surface area contributed by atoms with Crippen molar-refractivity contribution in [1.82, 2.24) is 9.97 Å². The van der Waals surface area contributed by atoms with Gasteiger partial charge in [-0.1, -0.05) is 24.3 Å². The predicted octanol–water partition coefficient (Wildman–Crippen LogP) is 6.66. The molecule has 8 rings (SSSR count). The molecular formula is C42H37N7O8. The second kappa shape index (κ2) is 15.9. The minimum atomic E-state index is -0.787. The number of carbonyl (C=O) groups is 4. The molecule has 1 aliphatic heterocycles. The molecule has 3 heterocycles. The summed E-state index contributed by atoms with van der Waals surface area (Å²) >= 11 is 0. The molecule has 0 spiro atoms. The van der Waals surface area contributed by atoms with Crippen LogP contribution in [-0.4, -0.2) is 51.7 Å². The molecule has 0 atom stereocenters. The highest BCUT2D eigenvalue weighted by molar-refractivity contribution is 6.09. The first-order valence-corrected chi connectivity index (χ1v) is 18.7. The van der Waals surface area contributed by atoms with Crippen LogP contribution in [0.2, 0.25) is 0 Å². The second-order valence-electron chi connectivity index (χ2n) is 14.0. The lowest BCUT2D eigenvalue weighted by Crippen LogP contribution is -2.22. The molecule has 2 aromatic heterocycles. The van der Waals surface area contributed by atoms with Gasteiger partial charge in [-0.2, -0.15) is 0 Å². The lowest BCUT2D eigenvalue weighted by molar-refractivity contribution is -0.384. The van der Waals surface area contributed by atoms with Gasteiger partial charge in [0.1, 0.15) is 34.8 Å². The SMILES string of the molecule is O=C1COc2ccc3c(c2-c2c(ccc4c2CCCC4)OCC(=O)Nc2cccc(n2)NC(=O)c2cc(cc([N+](=O)[O-])c2)C(=O)Nc2cccc(n2)N1)CCCC3. The monoisotopic (exact) mass is 767 g/mol. The third kappa shape index (κ3) is 8.12. The topological polar surface area (TPSA) is 204 Å². The van der Waals surface area contributed by atoms with E-state index in [1.807, 2.05) is 24.3 Å². The van der Waals surface area contributed by atoms with E-state index in [0.29, 0.717) is 11.5 Å². The van der Waals surface area contributed by atoms with E-state index in [4.69, 9.17) is 9.47 Å². The maximum absolute atomic E-state index is 13.4. The van der Waals surface area contributed by atoms with Crippen LogP contribution in [0.4, 0.5) is 29.0 Å². The zero-order valence-corrected chi connectivity index (χ0v) is 30.7. The van der Waals surface area contributed by atoms with Gasteiger partial charge in [-0.3, -0.25) is 29.3 Å². The lowest BCUT2D eigenvalue weighted by atomic mass is 9.80. The Kier molecular flexibility index (Phi) is 10.3. The molecule has 0 saturated heterocycles. The third-order valence-electron chi connectivity index (χ3n) is 10.1. The van der Waals surface area contributed by atoms with E-state index >= 15 is 0 Å². The van der Waals surface area contributed by atoms with E-state index in [1.54, 1.807) is 24.3 Å². The summed E-state index contributed by atoms with van der Waals surface area (Å²) in [5.41, 5.74) is 5.50. The lowest BCUT2D eigenvalue weighted by Gasteiger charge is -2.28. The van der Waals surface area contributed by atoms with Crippen LogP contribution in [0.5, 0.6) is 11.5 Å². The van der Waals surface area contributed by atoms with Gasteiger partial charge in [0, 0.05) is 34.4 Å². The highest BCUT2D eigenvalue weighted by atomic mass is 16.6. The van der Waals surface area contributed by atoms with Gasteiger partial charge in [0.15, 0.2) is 13.2 Å². The van der Waals surface area contributed by atoms with Gasteiger partial charge >= 0.3 is 0 Å². The van der Waals surface area contributed by atoms with Gasteiger partial charge < -0.3 is 30.7 Å². The molecule has 57 heavy (non-hydrogen) atoms. The van der Waals surface area contributed by atoms with Crippen LogP contribution in [0.25, 0.3) is 11.1 Å². The van der Waals surface area contributed by atoms with E-state index in [-0.39, 0.29) is 47.6 Å². The highest BCUT2D eigenvalue weighted by Crippen LogP contribution is 2.47. The Balaban J connectivity index is 1.19. The number of anilines is 4. The second-order valence-corrected chi connectivity index (χ2v) is 14.0. The molecule has 0 fully saturated rings. The van der Waals surface area contributed by atoms with Crippen LogP contribution in [-0.2, 0) is 35.3 Å². The zero-order chi connectivity index (χ0) is 39.5. The molecule has 3 aromatic carbocycles. The summed E-state index contributed by atoms with van der Waals surface area (Å²) in [7, 11) is 0. The molecular weight excluding hydrogens is 731 g/mol. The number of nitrogens with zero attached hydrogens (tertiary/aromatic N) is 3. The van der Waals surface area contributed by atoms with Crippen LogP contribution < -0.4 is 30.7 Å². The molecule has 4 amide bonds. The number of aromatic nitrogens is 2. The number of benzene rings is 3. The zero-order valence-electron chi connectivity index (χ0n) is 30.7. The van der Waals surface area contributed by atoms with Crippen molar-refractivity contribution in [1.29, 1.82) is 0 Å². The maximum Gasteiger partial charge on any atom is 0.271 e. The first-order valence-electron chi connectivity index (χ1n) is 18.7. The summed E-state index contributed by atoms with van der Waals surface area (Å²) < 4.78 is 12.6. The number of hydrogen-bond acceptors (Lipinski definition) is 10. The molecule has 5 aromatic rings. The van der Waals surface area contributed by atoms with Crippen molar-refractivity contribution in [2.45, 2.75) is 51.4 Å². The van der Waals surface area contributed by atoms with Gasteiger partial charge in [-0.25, -0.2) is 9.97 Å². The Labute approximate surface area is 326 Å². The molecule has 15 heteroatoms. The van der Waals surface area contributed by atoms with Crippen LogP contribution in [0, 0.1) is 10.1 Å². The summed E-state index contributed by atoms with van der Waals surface area (Å²) in [6, 6.07) is 20.3. The first-order chi connectivity index (χ1) is 27.7. The Bertz CT molecular complexity index is 2310. The molecule has 288 valence electrons. The van der Waals surface area contributed by atoms with Gasteiger partial charge in [-0.05, 0) is 116 Å². The highest BCUT2D eigenvalue weighted by Gasteiger charge is 2.27. The fourth-order valence-electron chi connectivity index (χ4n) is 7.55. The number of nitrogens with one attached hydrogen (secondary N) is 4. The van der Waals surface area contributed by atoms with Gasteiger partial charge in [0.2, 0.25) is 0 Å². The van der Waals surface area contributed by atoms with Crippen molar-refractivity contribution >= 4 is 52.6 Å². The minimum Gasteiger partial charge on any atom is -0.483 e. The third-order valence-corrected chi connectivity index (χ3v) is 10.1. The van der Waals surface area contributed by atoms with E-state index in [9.17, 15) is 29.3 Å². The molecule has 0 unspecified atom stereocenters. The van der Waals surface area contributed by atoms with Crippen LogP contribution in [0.3, 0.4) is 0 Å². The number of pyridine rings is 2. The molecule has 6 bridgehead atoms. The normalized spacial score (nSPS) is 15.8. The predicted molar refractivity (Wildman–Crippen MR) is 211 cm³/mol. The van der Waals surface area contributed by atoms with Crippen molar-refractivity contribution in [3.63, 3.8) is 0 Å². The molecule has 0 saturated carbocycles. The number of nitro benzene ring substituents is 1.